The summed E-state index contributed by atoms with van der Waals surface area (Å²) in [6.07, 6.45) is 4.58. The van der Waals surface area contributed by atoms with Crippen LogP contribution in [0.1, 0.15) is 28.0 Å². The highest BCUT2D eigenvalue weighted by Crippen LogP contribution is 2.34. The van der Waals surface area contributed by atoms with E-state index in [0.29, 0.717) is 12.6 Å². The molecule has 0 radical (unpaired) electrons. The van der Waals surface area contributed by atoms with Gasteiger partial charge in [0, 0.05) is 23.0 Å². The number of aromatic nitrogens is 2. The smallest absolute Gasteiger partial charge is 0.262 e. The van der Waals surface area contributed by atoms with Crippen molar-refractivity contribution in [3.8, 4) is 0 Å². The number of rotatable bonds is 4. The fraction of sp³-hybridized carbons (Fsp3) is 0.214. The Balaban J connectivity index is 1.29. The predicted octanol–water partition coefficient (Wildman–Crippen LogP) is 5.94. The van der Waals surface area contributed by atoms with Gasteiger partial charge in [-0.15, -0.1) is 11.3 Å². The minimum absolute atomic E-state index is 0.0794. The Morgan fingerprint density at radius 3 is 2.82 bits per heavy atom. The lowest BCUT2D eigenvalue weighted by Crippen LogP contribution is -2.27. The second-order valence-electron chi connectivity index (χ2n) is 9.00. The number of aryl methyl sites for hydroxylation is 2. The Hall–Kier alpha value is -3.44. The van der Waals surface area contributed by atoms with E-state index in [0.717, 1.165) is 35.0 Å². The number of nitrogens with one attached hydrogen (secondary N) is 1. The van der Waals surface area contributed by atoms with Crippen molar-refractivity contribution < 1.29 is 0 Å². The summed E-state index contributed by atoms with van der Waals surface area (Å²) >= 11 is 1.68. The first-order valence-electron chi connectivity index (χ1n) is 11.4. The molecule has 0 saturated heterocycles. The molecule has 0 aliphatic heterocycles. The van der Waals surface area contributed by atoms with Crippen molar-refractivity contribution in [2.75, 3.05) is 5.32 Å². The van der Waals surface area contributed by atoms with Crippen molar-refractivity contribution in [3.05, 3.63) is 105 Å². The van der Waals surface area contributed by atoms with Gasteiger partial charge in [-0.2, -0.15) is 0 Å². The van der Waals surface area contributed by atoms with Gasteiger partial charge in [-0.1, -0.05) is 48.5 Å². The molecule has 1 aliphatic carbocycles. The number of nitrogens with zero attached hydrogens (tertiary/aromatic N) is 2. The third-order valence-electron chi connectivity index (χ3n) is 6.59. The van der Waals surface area contributed by atoms with Crippen LogP contribution in [0.2, 0.25) is 0 Å². The van der Waals surface area contributed by atoms with Gasteiger partial charge in [0.1, 0.15) is 4.83 Å². The van der Waals surface area contributed by atoms with Crippen molar-refractivity contribution in [3.63, 3.8) is 0 Å². The van der Waals surface area contributed by atoms with Gasteiger partial charge in [-0.25, -0.2) is 4.98 Å². The molecule has 0 amide bonds. The molecule has 1 N–H and O–H groups in total. The summed E-state index contributed by atoms with van der Waals surface area (Å²) in [5.74, 6) is 0. The molecule has 0 saturated carbocycles. The van der Waals surface area contributed by atoms with E-state index in [1.807, 2.05) is 12.1 Å². The molecule has 2 heterocycles. The highest BCUT2D eigenvalue weighted by molar-refractivity contribution is 7.18. The maximum absolute atomic E-state index is 13.5. The van der Waals surface area contributed by atoms with E-state index >= 15 is 0 Å². The average molecular weight is 452 g/mol. The van der Waals surface area contributed by atoms with Crippen LogP contribution in [-0.2, 0) is 19.4 Å². The largest absolute Gasteiger partial charge is 0.382 e. The zero-order chi connectivity index (χ0) is 22.4. The summed E-state index contributed by atoms with van der Waals surface area (Å²) in [6, 6.07) is 23.6. The lowest BCUT2D eigenvalue weighted by molar-refractivity contribution is 0.621. The van der Waals surface area contributed by atoms with Gasteiger partial charge >= 0.3 is 0 Å². The van der Waals surface area contributed by atoms with Crippen molar-refractivity contribution in [2.45, 2.75) is 38.8 Å². The topological polar surface area (TPSA) is 46.9 Å². The molecule has 1 atom stereocenters. The van der Waals surface area contributed by atoms with Gasteiger partial charge in [0.25, 0.3) is 5.56 Å². The first kappa shape index (κ1) is 20.2. The Morgan fingerprint density at radius 1 is 1.06 bits per heavy atom. The van der Waals surface area contributed by atoms with Crippen LogP contribution in [0.4, 0.5) is 5.69 Å². The first-order chi connectivity index (χ1) is 16.1. The van der Waals surface area contributed by atoms with Crippen LogP contribution in [0.3, 0.4) is 0 Å². The molecule has 0 fully saturated rings. The quantitative estimate of drug-likeness (QED) is 0.368. The summed E-state index contributed by atoms with van der Waals surface area (Å²) in [5, 5.41) is 6.91. The van der Waals surface area contributed by atoms with Gasteiger partial charge in [0.05, 0.1) is 18.3 Å². The molecule has 6 rings (SSSR count). The molecule has 1 aliphatic rings. The van der Waals surface area contributed by atoms with E-state index in [9.17, 15) is 4.79 Å². The van der Waals surface area contributed by atoms with E-state index in [1.54, 1.807) is 22.2 Å². The summed E-state index contributed by atoms with van der Waals surface area (Å²) in [7, 11) is 0. The number of thiophene rings is 1. The lowest BCUT2D eigenvalue weighted by Gasteiger charge is -2.24. The number of anilines is 1. The van der Waals surface area contributed by atoms with Crippen LogP contribution in [-0.4, -0.2) is 15.6 Å². The molecule has 4 nitrogen and oxygen atoms in total. The van der Waals surface area contributed by atoms with Gasteiger partial charge in [-0.05, 0) is 65.4 Å². The summed E-state index contributed by atoms with van der Waals surface area (Å²) < 4.78 is 1.76. The summed E-state index contributed by atoms with van der Waals surface area (Å²) in [4.78, 5) is 20.3. The molecule has 5 aromatic rings. The molecule has 3 aromatic carbocycles. The first-order valence-corrected chi connectivity index (χ1v) is 12.3. The maximum Gasteiger partial charge on any atom is 0.262 e. The fourth-order valence-electron chi connectivity index (χ4n) is 4.94. The molecule has 0 bridgehead atoms. The molecular formula is C28H25N3OS. The van der Waals surface area contributed by atoms with E-state index < -0.39 is 0 Å². The lowest BCUT2D eigenvalue weighted by atomic mass is 9.93. The average Bonchev–Trinajstić information content (AvgIpc) is 3.19. The van der Waals surface area contributed by atoms with Gasteiger partial charge in [0.2, 0.25) is 0 Å². The van der Waals surface area contributed by atoms with Crippen LogP contribution < -0.4 is 10.9 Å². The molecular weight excluding hydrogens is 426 g/mol. The second-order valence-corrected chi connectivity index (χ2v) is 10.1. The Bertz CT molecular complexity index is 1550. The van der Waals surface area contributed by atoms with Crippen LogP contribution in [0.25, 0.3) is 21.0 Å². The second kappa shape index (κ2) is 8.16. The predicted molar refractivity (Wildman–Crippen MR) is 138 cm³/mol. The maximum atomic E-state index is 13.5. The Morgan fingerprint density at radius 2 is 1.94 bits per heavy atom. The van der Waals surface area contributed by atoms with Crippen molar-refractivity contribution in [1.82, 2.24) is 9.55 Å². The third kappa shape index (κ3) is 3.83. The monoisotopic (exact) mass is 451 g/mol. The van der Waals surface area contributed by atoms with Crippen molar-refractivity contribution in [2.24, 2.45) is 0 Å². The van der Waals surface area contributed by atoms with E-state index in [-0.39, 0.29) is 5.56 Å². The van der Waals surface area contributed by atoms with Crippen LogP contribution in [0.5, 0.6) is 0 Å². The minimum atomic E-state index is 0.0794. The van der Waals surface area contributed by atoms with Crippen LogP contribution in [0.15, 0.2) is 77.9 Å². The fourth-order valence-corrected chi connectivity index (χ4v) is 6.20. The van der Waals surface area contributed by atoms with Crippen molar-refractivity contribution >= 4 is 38.0 Å². The molecule has 0 spiro atoms. The highest BCUT2D eigenvalue weighted by Gasteiger charge is 2.25. The van der Waals surface area contributed by atoms with Crippen molar-refractivity contribution in [1.29, 1.82) is 0 Å². The van der Waals surface area contributed by atoms with Crippen LogP contribution in [0, 0.1) is 6.92 Å². The Labute approximate surface area is 196 Å². The molecule has 1 unspecified atom stereocenters. The zero-order valence-electron chi connectivity index (χ0n) is 18.5. The minimum Gasteiger partial charge on any atom is -0.382 e. The standard InChI is InChI=1S/C28H25N3OS/c1-18-5-4-8-22(13-18)30-23-11-12-24-25(15-23)33-27-26(24)28(32)31(17-29-27)16-19-9-10-20-6-2-3-7-21(20)14-19/h2-10,13-14,17,23,30H,11-12,15-16H2,1H3. The number of hydrogen-bond donors (Lipinski definition) is 1. The highest BCUT2D eigenvalue weighted by atomic mass is 32.1. The number of hydrogen-bond acceptors (Lipinski definition) is 4. The van der Waals surface area contributed by atoms with E-state index in [4.69, 9.17) is 0 Å². The molecule has 164 valence electrons. The SMILES string of the molecule is Cc1cccc(NC2CCc3c(sc4ncn(Cc5ccc6ccccc6c5)c(=O)c34)C2)c1. The van der Waals surface area contributed by atoms with Gasteiger partial charge in [-0.3, -0.25) is 9.36 Å². The van der Waals surface area contributed by atoms with E-state index in [1.165, 1.54) is 32.5 Å². The van der Waals surface area contributed by atoms with Gasteiger partial charge in [0.15, 0.2) is 0 Å². The summed E-state index contributed by atoms with van der Waals surface area (Å²) in [5.41, 5.74) is 4.83. The van der Waals surface area contributed by atoms with Gasteiger partial charge < -0.3 is 5.32 Å². The van der Waals surface area contributed by atoms with Crippen LogP contribution >= 0.6 is 11.3 Å². The normalized spacial score (nSPS) is 15.6. The number of fused-ring (bicyclic) bond motifs is 4. The summed E-state index contributed by atoms with van der Waals surface area (Å²) in [6.45, 7) is 2.65. The van der Waals surface area contributed by atoms with E-state index in [2.05, 4.69) is 71.8 Å². The zero-order valence-corrected chi connectivity index (χ0v) is 19.4. The third-order valence-corrected chi connectivity index (χ3v) is 7.75. The molecule has 33 heavy (non-hydrogen) atoms. The molecule has 2 aromatic heterocycles. The number of benzene rings is 3. The Kier molecular flexibility index (Phi) is 4.99. The molecule has 5 heteroatoms.